The van der Waals surface area contributed by atoms with Gasteiger partial charge in [0.05, 0.1) is 12.6 Å². The number of hydrogen-bond acceptors (Lipinski definition) is 3. The van der Waals surface area contributed by atoms with Crippen molar-refractivity contribution in [1.29, 1.82) is 0 Å². The number of ether oxygens (including phenoxy) is 2. The summed E-state index contributed by atoms with van der Waals surface area (Å²) in [6.07, 6.45) is 0. The fourth-order valence-electron chi connectivity index (χ4n) is 1.40. The van der Waals surface area contributed by atoms with Crippen LogP contribution in [0.4, 0.5) is 0 Å². The third kappa shape index (κ3) is 4.42. The van der Waals surface area contributed by atoms with E-state index in [1.807, 2.05) is 30.3 Å². The number of benzene rings is 1. The minimum absolute atomic E-state index is 0.0742. The molecule has 0 saturated heterocycles. The lowest BCUT2D eigenvalue weighted by Gasteiger charge is -2.18. The molecule has 1 amide bonds. The van der Waals surface area contributed by atoms with Crippen molar-refractivity contribution in [1.82, 2.24) is 5.32 Å². The minimum Gasteiger partial charge on any atom is -0.359 e. The van der Waals surface area contributed by atoms with Crippen LogP contribution in [0.15, 0.2) is 30.3 Å². The fourth-order valence-corrected chi connectivity index (χ4v) is 1.40. The predicted octanol–water partition coefficient (Wildman–Crippen LogP) is 1.48. The molecular weight excluding hydrogens is 206 g/mol. The number of rotatable bonds is 6. The third-order valence-corrected chi connectivity index (χ3v) is 2.07. The van der Waals surface area contributed by atoms with Crippen LogP contribution in [0.25, 0.3) is 0 Å². The molecule has 0 fully saturated rings. The molecule has 1 N–H and O–H groups in total. The second-order valence-electron chi connectivity index (χ2n) is 3.44. The highest BCUT2D eigenvalue weighted by molar-refractivity contribution is 5.73. The summed E-state index contributed by atoms with van der Waals surface area (Å²) in [5, 5.41) is 2.84. The van der Waals surface area contributed by atoms with Crippen molar-refractivity contribution in [2.24, 2.45) is 0 Å². The Morgan fingerprint density at radius 2 is 2.06 bits per heavy atom. The molecule has 1 atom stereocenters. The normalized spacial score (nSPS) is 12.1. The summed E-state index contributed by atoms with van der Waals surface area (Å²) in [4.78, 5) is 11.1. The van der Waals surface area contributed by atoms with Crippen LogP contribution in [0.5, 0.6) is 0 Å². The Morgan fingerprint density at radius 3 is 2.62 bits per heavy atom. The van der Waals surface area contributed by atoms with Gasteiger partial charge in [0, 0.05) is 14.0 Å². The lowest BCUT2D eigenvalue weighted by molar-refractivity contribution is -0.120. The maximum absolute atomic E-state index is 11.1. The Kier molecular flexibility index (Phi) is 5.53. The molecule has 16 heavy (non-hydrogen) atoms. The molecule has 0 radical (unpaired) electrons. The maximum Gasteiger partial charge on any atom is 0.217 e. The van der Waals surface area contributed by atoms with E-state index < -0.39 is 0 Å². The molecule has 1 aromatic rings. The lowest BCUT2D eigenvalue weighted by atomic mass is 10.1. The molecule has 1 aromatic carbocycles. The summed E-state index contributed by atoms with van der Waals surface area (Å²) in [7, 11) is 1.57. The van der Waals surface area contributed by atoms with Gasteiger partial charge in [-0.25, -0.2) is 0 Å². The van der Waals surface area contributed by atoms with E-state index >= 15 is 0 Å². The van der Waals surface area contributed by atoms with Gasteiger partial charge in [-0.05, 0) is 5.56 Å². The number of amides is 1. The highest BCUT2D eigenvalue weighted by Crippen LogP contribution is 2.12. The van der Waals surface area contributed by atoms with Crippen molar-refractivity contribution in [2.45, 2.75) is 13.0 Å². The van der Waals surface area contributed by atoms with Crippen LogP contribution in [0.2, 0.25) is 0 Å². The standard InChI is InChI=1S/C12H17NO3/c1-10(14)13-12(8-16-9-15-2)11-6-4-3-5-7-11/h3-7,12H,8-9H2,1-2H3,(H,13,14)/t12-/m0/s1. The van der Waals surface area contributed by atoms with Crippen LogP contribution in [-0.4, -0.2) is 26.4 Å². The van der Waals surface area contributed by atoms with E-state index in [4.69, 9.17) is 9.47 Å². The Hall–Kier alpha value is -1.39. The van der Waals surface area contributed by atoms with Gasteiger partial charge in [0.15, 0.2) is 0 Å². The Morgan fingerprint density at radius 1 is 1.38 bits per heavy atom. The fraction of sp³-hybridized carbons (Fsp3) is 0.417. The highest BCUT2D eigenvalue weighted by atomic mass is 16.7. The summed E-state index contributed by atoms with van der Waals surface area (Å²) in [6, 6.07) is 9.58. The molecule has 1 rings (SSSR count). The molecule has 0 spiro atoms. The average molecular weight is 223 g/mol. The quantitative estimate of drug-likeness (QED) is 0.587. The number of carbonyl (C=O) groups is 1. The van der Waals surface area contributed by atoms with Gasteiger partial charge >= 0.3 is 0 Å². The summed E-state index contributed by atoms with van der Waals surface area (Å²) < 4.78 is 10.1. The van der Waals surface area contributed by atoms with E-state index in [-0.39, 0.29) is 18.7 Å². The first-order valence-electron chi connectivity index (χ1n) is 5.12. The van der Waals surface area contributed by atoms with E-state index in [0.717, 1.165) is 5.56 Å². The van der Waals surface area contributed by atoms with E-state index in [1.165, 1.54) is 6.92 Å². The second kappa shape index (κ2) is 6.98. The largest absolute Gasteiger partial charge is 0.359 e. The van der Waals surface area contributed by atoms with Crippen LogP contribution in [0, 0.1) is 0 Å². The van der Waals surface area contributed by atoms with Crippen LogP contribution in [0.1, 0.15) is 18.5 Å². The van der Waals surface area contributed by atoms with Crippen molar-refractivity contribution in [3.63, 3.8) is 0 Å². The summed E-state index contributed by atoms with van der Waals surface area (Å²) in [6.45, 7) is 2.12. The number of hydrogen-bond donors (Lipinski definition) is 1. The topological polar surface area (TPSA) is 47.6 Å². The number of nitrogens with one attached hydrogen (secondary N) is 1. The van der Waals surface area contributed by atoms with Gasteiger partial charge < -0.3 is 14.8 Å². The van der Waals surface area contributed by atoms with Crippen molar-refractivity contribution >= 4 is 5.91 Å². The predicted molar refractivity (Wildman–Crippen MR) is 60.8 cm³/mol. The van der Waals surface area contributed by atoms with Crippen LogP contribution in [-0.2, 0) is 14.3 Å². The first-order valence-corrected chi connectivity index (χ1v) is 5.12. The minimum atomic E-state index is -0.131. The Labute approximate surface area is 95.6 Å². The summed E-state index contributed by atoms with van der Waals surface area (Å²) >= 11 is 0. The van der Waals surface area contributed by atoms with Gasteiger partial charge in [0.2, 0.25) is 5.91 Å². The molecule has 0 aromatic heterocycles. The van der Waals surface area contributed by atoms with E-state index in [0.29, 0.717) is 6.61 Å². The zero-order chi connectivity index (χ0) is 11.8. The first-order chi connectivity index (χ1) is 7.74. The van der Waals surface area contributed by atoms with Crippen molar-refractivity contribution in [2.75, 3.05) is 20.5 Å². The van der Waals surface area contributed by atoms with Gasteiger partial charge in [-0.3, -0.25) is 4.79 Å². The van der Waals surface area contributed by atoms with Gasteiger partial charge in [-0.2, -0.15) is 0 Å². The maximum atomic E-state index is 11.1. The average Bonchev–Trinajstić information content (AvgIpc) is 2.29. The van der Waals surface area contributed by atoms with Gasteiger partial charge in [0.1, 0.15) is 6.79 Å². The lowest BCUT2D eigenvalue weighted by Crippen LogP contribution is -2.29. The smallest absolute Gasteiger partial charge is 0.217 e. The molecule has 4 heteroatoms. The van der Waals surface area contributed by atoms with Crippen molar-refractivity contribution < 1.29 is 14.3 Å². The molecule has 0 aliphatic rings. The molecule has 0 aliphatic heterocycles. The molecule has 4 nitrogen and oxygen atoms in total. The molecule has 0 aliphatic carbocycles. The van der Waals surface area contributed by atoms with Crippen molar-refractivity contribution in [3.05, 3.63) is 35.9 Å². The molecule has 0 saturated carbocycles. The Bertz CT molecular complexity index is 313. The highest BCUT2D eigenvalue weighted by Gasteiger charge is 2.12. The van der Waals surface area contributed by atoms with E-state index in [1.54, 1.807) is 7.11 Å². The third-order valence-electron chi connectivity index (χ3n) is 2.07. The van der Waals surface area contributed by atoms with Gasteiger partial charge in [-0.1, -0.05) is 30.3 Å². The van der Waals surface area contributed by atoms with Crippen LogP contribution < -0.4 is 5.32 Å². The molecule has 0 unspecified atom stereocenters. The molecular formula is C12H17NO3. The van der Waals surface area contributed by atoms with Gasteiger partial charge in [0.25, 0.3) is 0 Å². The second-order valence-corrected chi connectivity index (χ2v) is 3.44. The summed E-state index contributed by atoms with van der Waals surface area (Å²) in [5.41, 5.74) is 1.02. The van der Waals surface area contributed by atoms with Gasteiger partial charge in [-0.15, -0.1) is 0 Å². The molecule has 0 heterocycles. The van der Waals surface area contributed by atoms with Crippen LogP contribution >= 0.6 is 0 Å². The van der Waals surface area contributed by atoms with E-state index in [9.17, 15) is 4.79 Å². The SMILES string of the molecule is COCOC[C@H](NC(C)=O)c1ccccc1. The summed E-state index contributed by atoms with van der Waals surface area (Å²) in [5.74, 6) is -0.0742. The molecule has 88 valence electrons. The zero-order valence-electron chi connectivity index (χ0n) is 9.60. The zero-order valence-corrected chi connectivity index (χ0v) is 9.60. The number of methoxy groups -OCH3 is 1. The molecule has 0 bridgehead atoms. The number of carbonyl (C=O) groups excluding carboxylic acids is 1. The van der Waals surface area contributed by atoms with Crippen LogP contribution in [0.3, 0.4) is 0 Å². The monoisotopic (exact) mass is 223 g/mol. The first kappa shape index (κ1) is 12.7. The Balaban J connectivity index is 2.60. The van der Waals surface area contributed by atoms with E-state index in [2.05, 4.69) is 5.32 Å². The van der Waals surface area contributed by atoms with Crippen molar-refractivity contribution in [3.8, 4) is 0 Å².